The summed E-state index contributed by atoms with van der Waals surface area (Å²) in [5, 5.41) is 15.4. The van der Waals surface area contributed by atoms with Crippen LogP contribution in [0.25, 0.3) is 0 Å². The topological polar surface area (TPSA) is 84.0 Å². The molecule has 2 aromatic rings. The van der Waals surface area contributed by atoms with E-state index in [1.54, 1.807) is 0 Å². The number of aryl methyl sites for hydroxylation is 1. The van der Waals surface area contributed by atoms with Crippen LogP contribution >= 0.6 is 11.3 Å². The van der Waals surface area contributed by atoms with E-state index in [4.69, 9.17) is 0 Å². The van der Waals surface area contributed by atoms with Crippen LogP contribution in [0.3, 0.4) is 0 Å². The highest BCUT2D eigenvalue weighted by atomic mass is 32.1. The third kappa shape index (κ3) is 5.85. The summed E-state index contributed by atoms with van der Waals surface area (Å²) in [6.07, 6.45) is 7.30. The summed E-state index contributed by atoms with van der Waals surface area (Å²) in [6, 6.07) is 7.74. The second-order valence-corrected chi connectivity index (χ2v) is 7.94. The lowest BCUT2D eigenvalue weighted by atomic mass is 9.90. The van der Waals surface area contributed by atoms with Crippen LogP contribution in [0.15, 0.2) is 24.3 Å². The van der Waals surface area contributed by atoms with Crippen molar-refractivity contribution in [2.45, 2.75) is 64.2 Å². The van der Waals surface area contributed by atoms with E-state index in [0.29, 0.717) is 11.0 Å². The number of hydrogen-bond donors (Lipinski definition) is 2. The molecule has 1 aromatic carbocycles. The van der Waals surface area contributed by atoms with Crippen LogP contribution in [0.5, 0.6) is 0 Å². The third-order valence-corrected chi connectivity index (χ3v) is 5.87. The average molecular weight is 387 g/mol. The monoisotopic (exact) mass is 386 g/mol. The zero-order valence-corrected chi connectivity index (χ0v) is 16.5. The third-order valence-electron chi connectivity index (χ3n) is 4.87. The van der Waals surface area contributed by atoms with Crippen molar-refractivity contribution in [3.05, 3.63) is 34.8 Å². The molecule has 7 heteroatoms. The Morgan fingerprint density at radius 1 is 1.00 bits per heavy atom. The molecule has 0 bridgehead atoms. The minimum atomic E-state index is -0.210. The van der Waals surface area contributed by atoms with E-state index in [2.05, 4.69) is 27.8 Å². The van der Waals surface area contributed by atoms with Gasteiger partial charge in [-0.1, -0.05) is 49.7 Å². The van der Waals surface area contributed by atoms with Crippen LogP contribution < -0.4 is 10.6 Å². The number of carbonyl (C=O) groups excluding carboxylic acids is 2. The van der Waals surface area contributed by atoms with E-state index in [1.807, 2.05) is 24.3 Å². The van der Waals surface area contributed by atoms with Gasteiger partial charge in [-0.2, -0.15) is 0 Å². The molecule has 0 atom stereocenters. The van der Waals surface area contributed by atoms with Crippen LogP contribution in [-0.4, -0.2) is 22.0 Å². The number of rotatable bonds is 7. The van der Waals surface area contributed by atoms with Crippen molar-refractivity contribution in [3.8, 4) is 0 Å². The SMILES string of the molecule is CCc1ccc(NC(=O)CCC(=O)Nc2nnc(C3CCCCC3)s2)cc1. The zero-order chi connectivity index (χ0) is 19.1. The molecule has 0 saturated heterocycles. The molecular weight excluding hydrogens is 360 g/mol. The van der Waals surface area contributed by atoms with Crippen molar-refractivity contribution >= 4 is 34.0 Å². The number of carbonyl (C=O) groups is 2. The second kappa shape index (κ2) is 9.60. The molecule has 6 nitrogen and oxygen atoms in total. The van der Waals surface area contributed by atoms with Gasteiger partial charge in [-0.05, 0) is 37.0 Å². The maximum Gasteiger partial charge on any atom is 0.226 e. The quantitative estimate of drug-likeness (QED) is 0.733. The van der Waals surface area contributed by atoms with Crippen molar-refractivity contribution in [2.24, 2.45) is 0 Å². The van der Waals surface area contributed by atoms with Gasteiger partial charge in [-0.25, -0.2) is 0 Å². The highest BCUT2D eigenvalue weighted by Gasteiger charge is 2.20. The molecule has 1 saturated carbocycles. The van der Waals surface area contributed by atoms with Crippen LogP contribution in [0.1, 0.15) is 68.4 Å². The van der Waals surface area contributed by atoms with Crippen molar-refractivity contribution in [2.75, 3.05) is 10.6 Å². The zero-order valence-electron chi connectivity index (χ0n) is 15.7. The van der Waals surface area contributed by atoms with Crippen LogP contribution in [0.4, 0.5) is 10.8 Å². The predicted octanol–water partition coefficient (Wildman–Crippen LogP) is 4.51. The Balaban J connectivity index is 1.42. The first kappa shape index (κ1) is 19.5. The first-order valence-corrected chi connectivity index (χ1v) is 10.5. The normalized spacial score (nSPS) is 14.7. The summed E-state index contributed by atoms with van der Waals surface area (Å²) in [6.45, 7) is 2.09. The van der Waals surface area contributed by atoms with Crippen molar-refractivity contribution in [1.82, 2.24) is 10.2 Å². The van der Waals surface area contributed by atoms with E-state index in [0.717, 1.165) is 30.0 Å². The predicted molar refractivity (Wildman–Crippen MR) is 108 cm³/mol. The van der Waals surface area contributed by atoms with Gasteiger partial charge in [0.05, 0.1) is 0 Å². The van der Waals surface area contributed by atoms with Gasteiger partial charge in [0, 0.05) is 24.4 Å². The van der Waals surface area contributed by atoms with Crippen LogP contribution in [0.2, 0.25) is 0 Å². The van der Waals surface area contributed by atoms with Gasteiger partial charge >= 0.3 is 0 Å². The Hall–Kier alpha value is -2.28. The summed E-state index contributed by atoms with van der Waals surface area (Å²) in [5.74, 6) is 0.0964. The van der Waals surface area contributed by atoms with E-state index in [-0.39, 0.29) is 24.7 Å². The lowest BCUT2D eigenvalue weighted by molar-refractivity contribution is -0.121. The highest BCUT2D eigenvalue weighted by molar-refractivity contribution is 7.15. The average Bonchev–Trinajstić information content (AvgIpc) is 3.16. The standard InChI is InChI=1S/C20H26N4O2S/c1-2-14-8-10-16(11-9-14)21-17(25)12-13-18(26)22-20-24-23-19(27-20)15-6-4-3-5-7-15/h8-11,15H,2-7,12-13H2,1H3,(H,21,25)(H,22,24,26). The fourth-order valence-electron chi connectivity index (χ4n) is 3.26. The summed E-state index contributed by atoms with van der Waals surface area (Å²) in [5.41, 5.74) is 1.97. The highest BCUT2D eigenvalue weighted by Crippen LogP contribution is 2.35. The molecule has 1 aliphatic rings. The molecule has 0 radical (unpaired) electrons. The van der Waals surface area contributed by atoms with Gasteiger partial charge in [0.15, 0.2) is 0 Å². The summed E-state index contributed by atoms with van der Waals surface area (Å²) >= 11 is 1.45. The summed E-state index contributed by atoms with van der Waals surface area (Å²) in [4.78, 5) is 24.1. The van der Waals surface area contributed by atoms with E-state index in [9.17, 15) is 9.59 Å². The Morgan fingerprint density at radius 2 is 1.67 bits per heavy atom. The molecular formula is C20H26N4O2S. The molecule has 2 amide bonds. The molecule has 0 spiro atoms. The molecule has 1 aromatic heterocycles. The minimum absolute atomic E-state index is 0.122. The number of aromatic nitrogens is 2. The Labute approximate surface area is 163 Å². The molecule has 0 aliphatic heterocycles. The maximum atomic E-state index is 12.1. The van der Waals surface area contributed by atoms with E-state index >= 15 is 0 Å². The lowest BCUT2D eigenvalue weighted by Crippen LogP contribution is -2.17. The van der Waals surface area contributed by atoms with E-state index in [1.165, 1.54) is 36.2 Å². The van der Waals surface area contributed by atoms with Gasteiger partial charge in [0.25, 0.3) is 0 Å². The Morgan fingerprint density at radius 3 is 2.33 bits per heavy atom. The van der Waals surface area contributed by atoms with E-state index < -0.39 is 0 Å². The first-order valence-electron chi connectivity index (χ1n) is 9.66. The van der Waals surface area contributed by atoms with Crippen molar-refractivity contribution in [1.29, 1.82) is 0 Å². The molecule has 2 N–H and O–H groups in total. The number of amides is 2. The largest absolute Gasteiger partial charge is 0.326 e. The summed E-state index contributed by atoms with van der Waals surface area (Å²) in [7, 11) is 0. The fourth-order valence-corrected chi connectivity index (χ4v) is 4.18. The van der Waals surface area contributed by atoms with Crippen molar-refractivity contribution in [3.63, 3.8) is 0 Å². The molecule has 0 unspecified atom stereocenters. The minimum Gasteiger partial charge on any atom is -0.326 e. The number of benzene rings is 1. The summed E-state index contributed by atoms with van der Waals surface area (Å²) < 4.78 is 0. The molecule has 1 heterocycles. The van der Waals surface area contributed by atoms with Gasteiger partial charge in [-0.15, -0.1) is 10.2 Å². The van der Waals surface area contributed by atoms with Gasteiger partial charge in [0.2, 0.25) is 16.9 Å². The molecule has 3 rings (SSSR count). The van der Waals surface area contributed by atoms with Gasteiger partial charge in [-0.3, -0.25) is 9.59 Å². The Bertz CT molecular complexity index is 767. The Kier molecular flexibility index (Phi) is 6.92. The van der Waals surface area contributed by atoms with Crippen LogP contribution in [0, 0.1) is 0 Å². The smallest absolute Gasteiger partial charge is 0.226 e. The molecule has 144 valence electrons. The molecule has 1 fully saturated rings. The van der Waals surface area contributed by atoms with Crippen molar-refractivity contribution < 1.29 is 9.59 Å². The molecule has 1 aliphatic carbocycles. The lowest BCUT2D eigenvalue weighted by Gasteiger charge is -2.18. The first-order chi connectivity index (χ1) is 13.1. The number of nitrogens with one attached hydrogen (secondary N) is 2. The van der Waals surface area contributed by atoms with Gasteiger partial charge in [0.1, 0.15) is 5.01 Å². The van der Waals surface area contributed by atoms with Gasteiger partial charge < -0.3 is 10.6 Å². The number of nitrogens with zero attached hydrogens (tertiary/aromatic N) is 2. The fraction of sp³-hybridized carbons (Fsp3) is 0.500. The molecule has 27 heavy (non-hydrogen) atoms. The van der Waals surface area contributed by atoms with Crippen LogP contribution in [-0.2, 0) is 16.0 Å². The second-order valence-electron chi connectivity index (χ2n) is 6.93. The number of hydrogen-bond acceptors (Lipinski definition) is 5. The number of anilines is 2. The maximum absolute atomic E-state index is 12.1.